The Morgan fingerprint density at radius 1 is 1.35 bits per heavy atom. The molecule has 1 aromatic rings. The number of anilines is 1. The monoisotopic (exact) mass is 279 g/mol. The SMILES string of the molecule is CC(C)C1CCCN(c2c(F)cccc2C(=O)O)CC1. The average Bonchev–Trinajstić information content (AvgIpc) is 2.64. The van der Waals surface area contributed by atoms with E-state index in [4.69, 9.17) is 0 Å². The third-order valence-electron chi connectivity index (χ3n) is 4.25. The summed E-state index contributed by atoms with van der Waals surface area (Å²) in [6.45, 7) is 5.88. The van der Waals surface area contributed by atoms with Crippen molar-refractivity contribution >= 4 is 11.7 Å². The van der Waals surface area contributed by atoms with Crippen LogP contribution in [-0.2, 0) is 0 Å². The molecular formula is C16H22FNO2. The van der Waals surface area contributed by atoms with Crippen LogP contribution in [0.1, 0.15) is 43.5 Å². The zero-order valence-corrected chi connectivity index (χ0v) is 12.1. The molecule has 3 nitrogen and oxygen atoms in total. The highest BCUT2D eigenvalue weighted by molar-refractivity contribution is 5.94. The van der Waals surface area contributed by atoms with Gasteiger partial charge in [-0.1, -0.05) is 19.9 Å². The van der Waals surface area contributed by atoms with E-state index in [-0.39, 0.29) is 11.3 Å². The number of carboxylic acids is 1. The molecule has 1 aliphatic rings. The normalized spacial score (nSPS) is 20.0. The van der Waals surface area contributed by atoms with Gasteiger partial charge in [0.25, 0.3) is 0 Å². The van der Waals surface area contributed by atoms with E-state index >= 15 is 0 Å². The van der Waals surface area contributed by atoms with Crippen LogP contribution in [0.4, 0.5) is 10.1 Å². The fourth-order valence-electron chi connectivity index (χ4n) is 3.02. The lowest BCUT2D eigenvalue weighted by atomic mass is 9.89. The highest BCUT2D eigenvalue weighted by Gasteiger charge is 2.24. The highest BCUT2D eigenvalue weighted by Crippen LogP contribution is 2.30. The maximum absolute atomic E-state index is 14.1. The number of halogens is 1. The van der Waals surface area contributed by atoms with Gasteiger partial charge in [0.2, 0.25) is 0 Å². The number of carbonyl (C=O) groups is 1. The number of hydrogen-bond acceptors (Lipinski definition) is 2. The maximum Gasteiger partial charge on any atom is 0.337 e. The molecule has 0 saturated carbocycles. The highest BCUT2D eigenvalue weighted by atomic mass is 19.1. The Bertz CT molecular complexity index is 487. The second-order valence-corrected chi connectivity index (χ2v) is 5.86. The average molecular weight is 279 g/mol. The van der Waals surface area contributed by atoms with E-state index in [1.54, 1.807) is 0 Å². The van der Waals surface area contributed by atoms with Gasteiger partial charge in [0.1, 0.15) is 5.82 Å². The quantitative estimate of drug-likeness (QED) is 0.915. The van der Waals surface area contributed by atoms with E-state index in [0.29, 0.717) is 11.8 Å². The Balaban J connectivity index is 2.26. The van der Waals surface area contributed by atoms with E-state index in [9.17, 15) is 14.3 Å². The van der Waals surface area contributed by atoms with Gasteiger partial charge < -0.3 is 10.0 Å². The van der Waals surface area contributed by atoms with Crippen LogP contribution in [-0.4, -0.2) is 24.2 Å². The molecule has 1 aromatic carbocycles. The molecule has 20 heavy (non-hydrogen) atoms. The van der Waals surface area contributed by atoms with Gasteiger partial charge in [0.05, 0.1) is 11.3 Å². The molecule has 4 heteroatoms. The summed E-state index contributed by atoms with van der Waals surface area (Å²) in [4.78, 5) is 13.2. The number of para-hydroxylation sites is 1. The maximum atomic E-state index is 14.1. The third kappa shape index (κ3) is 3.11. The van der Waals surface area contributed by atoms with Gasteiger partial charge in [-0.05, 0) is 43.2 Å². The number of rotatable bonds is 3. The topological polar surface area (TPSA) is 40.5 Å². The van der Waals surface area contributed by atoms with Crippen molar-refractivity contribution in [2.24, 2.45) is 11.8 Å². The first kappa shape index (κ1) is 14.8. The molecule has 0 radical (unpaired) electrons. The van der Waals surface area contributed by atoms with Crippen LogP contribution in [0.15, 0.2) is 18.2 Å². The summed E-state index contributed by atoms with van der Waals surface area (Å²) in [7, 11) is 0. The molecule has 0 amide bonds. The van der Waals surface area contributed by atoms with Crippen molar-refractivity contribution in [3.05, 3.63) is 29.6 Å². The van der Waals surface area contributed by atoms with E-state index in [2.05, 4.69) is 13.8 Å². The van der Waals surface area contributed by atoms with Gasteiger partial charge in [0, 0.05) is 13.1 Å². The number of aromatic carboxylic acids is 1. The van der Waals surface area contributed by atoms with Gasteiger partial charge in [-0.3, -0.25) is 0 Å². The smallest absolute Gasteiger partial charge is 0.337 e. The summed E-state index contributed by atoms with van der Waals surface area (Å²) in [6, 6.07) is 4.27. The lowest BCUT2D eigenvalue weighted by Gasteiger charge is -2.25. The number of hydrogen-bond donors (Lipinski definition) is 1. The van der Waals surface area contributed by atoms with Crippen LogP contribution in [0.25, 0.3) is 0 Å². The van der Waals surface area contributed by atoms with Gasteiger partial charge in [0.15, 0.2) is 0 Å². The van der Waals surface area contributed by atoms with Crippen LogP contribution in [0.5, 0.6) is 0 Å². The predicted molar refractivity (Wildman–Crippen MR) is 77.8 cm³/mol. The molecule has 1 fully saturated rings. The van der Waals surface area contributed by atoms with Gasteiger partial charge in [-0.25, -0.2) is 9.18 Å². The van der Waals surface area contributed by atoms with Crippen molar-refractivity contribution in [2.45, 2.75) is 33.1 Å². The van der Waals surface area contributed by atoms with Gasteiger partial charge in [-0.2, -0.15) is 0 Å². The fourth-order valence-corrected chi connectivity index (χ4v) is 3.02. The molecule has 0 bridgehead atoms. The zero-order valence-electron chi connectivity index (χ0n) is 12.1. The minimum atomic E-state index is -1.07. The molecule has 2 rings (SSSR count). The van der Waals surface area contributed by atoms with E-state index in [0.717, 1.165) is 32.4 Å². The van der Waals surface area contributed by atoms with E-state index in [1.165, 1.54) is 18.2 Å². The number of benzene rings is 1. The second kappa shape index (κ2) is 6.25. The van der Waals surface area contributed by atoms with Crippen molar-refractivity contribution in [1.29, 1.82) is 0 Å². The number of nitrogens with zero attached hydrogens (tertiary/aromatic N) is 1. The van der Waals surface area contributed by atoms with Crippen LogP contribution in [0.3, 0.4) is 0 Å². The first-order valence-electron chi connectivity index (χ1n) is 7.27. The molecule has 1 atom stereocenters. The molecule has 110 valence electrons. The largest absolute Gasteiger partial charge is 0.478 e. The summed E-state index contributed by atoms with van der Waals surface area (Å²) in [6.07, 6.45) is 3.10. The molecule has 0 spiro atoms. The first-order chi connectivity index (χ1) is 9.50. The summed E-state index contributed by atoms with van der Waals surface area (Å²) < 4.78 is 14.1. The zero-order chi connectivity index (χ0) is 14.7. The van der Waals surface area contributed by atoms with Crippen LogP contribution in [0.2, 0.25) is 0 Å². The third-order valence-corrected chi connectivity index (χ3v) is 4.25. The van der Waals surface area contributed by atoms with Crippen molar-refractivity contribution in [1.82, 2.24) is 0 Å². The van der Waals surface area contributed by atoms with Crippen molar-refractivity contribution in [3.8, 4) is 0 Å². The van der Waals surface area contributed by atoms with Gasteiger partial charge >= 0.3 is 5.97 Å². The molecule has 1 heterocycles. The summed E-state index contributed by atoms with van der Waals surface area (Å²) in [5, 5.41) is 9.24. The van der Waals surface area contributed by atoms with E-state index < -0.39 is 11.8 Å². The van der Waals surface area contributed by atoms with Crippen molar-refractivity contribution in [3.63, 3.8) is 0 Å². The van der Waals surface area contributed by atoms with Crippen LogP contribution >= 0.6 is 0 Å². The lowest BCUT2D eigenvalue weighted by molar-refractivity contribution is 0.0697. The molecule has 0 aliphatic carbocycles. The minimum Gasteiger partial charge on any atom is -0.478 e. The number of carboxylic acid groups (broad SMARTS) is 1. The molecule has 1 unspecified atom stereocenters. The fraction of sp³-hybridized carbons (Fsp3) is 0.562. The van der Waals surface area contributed by atoms with E-state index in [1.807, 2.05) is 4.90 Å². The standard InChI is InChI=1S/C16H22FNO2/c1-11(2)12-5-4-9-18(10-8-12)15-13(16(19)20)6-3-7-14(15)17/h3,6-7,11-12H,4-5,8-10H2,1-2H3,(H,19,20). The summed E-state index contributed by atoms with van der Waals surface area (Å²) in [5.41, 5.74) is 0.317. The summed E-state index contributed by atoms with van der Waals surface area (Å²) in [5.74, 6) is -0.244. The minimum absolute atomic E-state index is 0.0630. The Morgan fingerprint density at radius 3 is 2.75 bits per heavy atom. The Kier molecular flexibility index (Phi) is 4.63. The molecule has 1 aliphatic heterocycles. The molecule has 0 aromatic heterocycles. The predicted octanol–water partition coefficient (Wildman–Crippen LogP) is 3.79. The van der Waals surface area contributed by atoms with Crippen molar-refractivity contribution < 1.29 is 14.3 Å². The second-order valence-electron chi connectivity index (χ2n) is 5.86. The Labute approximate surface area is 119 Å². The Morgan fingerprint density at radius 2 is 2.10 bits per heavy atom. The lowest BCUT2D eigenvalue weighted by Crippen LogP contribution is -2.27. The van der Waals surface area contributed by atoms with Crippen molar-refractivity contribution in [2.75, 3.05) is 18.0 Å². The first-order valence-corrected chi connectivity index (χ1v) is 7.27. The molecule has 1 saturated heterocycles. The summed E-state index contributed by atoms with van der Waals surface area (Å²) >= 11 is 0. The molecular weight excluding hydrogens is 257 g/mol. The Hall–Kier alpha value is -1.58. The van der Waals surface area contributed by atoms with Gasteiger partial charge in [-0.15, -0.1) is 0 Å². The van der Waals surface area contributed by atoms with Crippen LogP contribution in [0, 0.1) is 17.7 Å². The van der Waals surface area contributed by atoms with Crippen LogP contribution < -0.4 is 4.90 Å². The molecule has 1 N–H and O–H groups in total.